The molecular formula is C18H22N2O3. The molecule has 1 N–H and O–H groups in total. The fourth-order valence-corrected chi connectivity index (χ4v) is 2.20. The predicted molar refractivity (Wildman–Crippen MR) is 88.9 cm³/mol. The molecule has 0 aliphatic carbocycles. The lowest BCUT2D eigenvalue weighted by molar-refractivity contribution is 0.0939. The summed E-state index contributed by atoms with van der Waals surface area (Å²) in [7, 11) is 0. The van der Waals surface area contributed by atoms with Crippen molar-refractivity contribution in [1.82, 2.24) is 10.3 Å². The van der Waals surface area contributed by atoms with Gasteiger partial charge in [0.05, 0.1) is 24.8 Å². The number of pyridine rings is 1. The topological polar surface area (TPSA) is 60.5 Å². The highest BCUT2D eigenvalue weighted by Gasteiger charge is 2.14. The minimum Gasteiger partial charge on any atom is -0.490 e. The number of nitrogens with zero attached hydrogens (tertiary/aromatic N) is 1. The molecule has 0 aliphatic heterocycles. The van der Waals surface area contributed by atoms with Gasteiger partial charge < -0.3 is 14.8 Å². The molecule has 23 heavy (non-hydrogen) atoms. The van der Waals surface area contributed by atoms with Crippen LogP contribution >= 0.6 is 0 Å². The summed E-state index contributed by atoms with van der Waals surface area (Å²) in [5.74, 6) is 1.25. The minimum absolute atomic E-state index is 0.155. The lowest BCUT2D eigenvalue weighted by atomic mass is 10.1. The molecule has 1 aromatic carbocycles. The van der Waals surface area contributed by atoms with E-state index in [1.54, 1.807) is 24.5 Å². The van der Waals surface area contributed by atoms with Crippen LogP contribution in [0.5, 0.6) is 11.5 Å². The molecule has 122 valence electrons. The van der Waals surface area contributed by atoms with E-state index in [-0.39, 0.29) is 11.9 Å². The highest BCUT2D eigenvalue weighted by molar-refractivity contribution is 5.94. The van der Waals surface area contributed by atoms with E-state index in [9.17, 15) is 4.79 Å². The number of hydrogen-bond acceptors (Lipinski definition) is 4. The second-order valence-electron chi connectivity index (χ2n) is 5.01. The molecule has 2 rings (SSSR count). The van der Waals surface area contributed by atoms with E-state index in [2.05, 4.69) is 10.3 Å². The van der Waals surface area contributed by atoms with E-state index in [1.165, 1.54) is 0 Å². The van der Waals surface area contributed by atoms with Crippen LogP contribution in [0.4, 0.5) is 0 Å². The molecule has 0 bridgehead atoms. The third kappa shape index (κ3) is 4.45. The van der Waals surface area contributed by atoms with E-state index >= 15 is 0 Å². The fraction of sp³-hybridized carbons (Fsp3) is 0.333. The first-order valence-electron chi connectivity index (χ1n) is 7.76. The highest BCUT2D eigenvalue weighted by atomic mass is 16.5. The van der Waals surface area contributed by atoms with Crippen LogP contribution < -0.4 is 14.8 Å². The molecule has 5 heteroatoms. The van der Waals surface area contributed by atoms with Gasteiger partial charge in [-0.2, -0.15) is 0 Å². The van der Waals surface area contributed by atoms with Crippen molar-refractivity contribution in [2.45, 2.75) is 26.8 Å². The number of carbonyl (C=O) groups is 1. The average molecular weight is 314 g/mol. The standard InChI is InChI=1S/C18H22N2O3/c1-4-22-16-9-8-14(11-17(16)23-5-2)13(3)20-18(21)15-7-6-10-19-12-15/h6-13H,4-5H2,1-3H3,(H,20,21)/t13-/m1/s1. The Labute approximate surface area is 136 Å². The Morgan fingerprint density at radius 2 is 1.91 bits per heavy atom. The first-order valence-corrected chi connectivity index (χ1v) is 7.76. The van der Waals surface area contributed by atoms with Crippen molar-refractivity contribution in [3.8, 4) is 11.5 Å². The molecule has 0 radical (unpaired) electrons. The molecule has 1 aromatic heterocycles. The van der Waals surface area contributed by atoms with Gasteiger partial charge in [-0.25, -0.2) is 0 Å². The van der Waals surface area contributed by atoms with Crippen LogP contribution in [-0.2, 0) is 0 Å². The van der Waals surface area contributed by atoms with Gasteiger partial charge >= 0.3 is 0 Å². The summed E-state index contributed by atoms with van der Waals surface area (Å²) in [6.07, 6.45) is 3.19. The summed E-state index contributed by atoms with van der Waals surface area (Å²) in [4.78, 5) is 16.2. The zero-order valence-electron chi connectivity index (χ0n) is 13.7. The van der Waals surface area contributed by atoms with Crippen LogP contribution in [0.25, 0.3) is 0 Å². The molecule has 0 spiro atoms. The Balaban J connectivity index is 2.14. The Morgan fingerprint density at radius 1 is 1.17 bits per heavy atom. The molecule has 0 fully saturated rings. The number of ether oxygens (including phenoxy) is 2. The zero-order valence-corrected chi connectivity index (χ0v) is 13.7. The second-order valence-corrected chi connectivity index (χ2v) is 5.01. The van der Waals surface area contributed by atoms with E-state index in [4.69, 9.17) is 9.47 Å². The summed E-state index contributed by atoms with van der Waals surface area (Å²) >= 11 is 0. The minimum atomic E-state index is -0.155. The summed E-state index contributed by atoms with van der Waals surface area (Å²) < 4.78 is 11.2. The van der Waals surface area contributed by atoms with Crippen molar-refractivity contribution in [1.29, 1.82) is 0 Å². The van der Waals surface area contributed by atoms with Crippen molar-refractivity contribution in [2.24, 2.45) is 0 Å². The second kappa shape index (κ2) is 8.17. The third-order valence-electron chi connectivity index (χ3n) is 3.34. The smallest absolute Gasteiger partial charge is 0.253 e. The molecule has 0 saturated heterocycles. The van der Waals surface area contributed by atoms with E-state index in [1.807, 2.05) is 39.0 Å². The number of nitrogens with one attached hydrogen (secondary N) is 1. The molecule has 2 aromatic rings. The van der Waals surface area contributed by atoms with Gasteiger partial charge in [0.2, 0.25) is 0 Å². The maximum atomic E-state index is 12.2. The van der Waals surface area contributed by atoms with E-state index in [0.717, 1.165) is 5.56 Å². The number of rotatable bonds is 7. The Morgan fingerprint density at radius 3 is 2.57 bits per heavy atom. The number of hydrogen-bond donors (Lipinski definition) is 1. The van der Waals surface area contributed by atoms with Crippen molar-refractivity contribution in [3.63, 3.8) is 0 Å². The predicted octanol–water partition coefficient (Wildman–Crippen LogP) is 3.37. The quantitative estimate of drug-likeness (QED) is 0.851. The van der Waals surface area contributed by atoms with Crippen molar-refractivity contribution < 1.29 is 14.3 Å². The van der Waals surface area contributed by atoms with Gasteiger partial charge in [0.1, 0.15) is 0 Å². The molecular weight excluding hydrogens is 292 g/mol. The first kappa shape index (κ1) is 16.8. The van der Waals surface area contributed by atoms with Gasteiger partial charge in [0.25, 0.3) is 5.91 Å². The zero-order chi connectivity index (χ0) is 16.7. The largest absolute Gasteiger partial charge is 0.490 e. The average Bonchev–Trinajstić information content (AvgIpc) is 2.57. The van der Waals surface area contributed by atoms with Crippen LogP contribution in [0.3, 0.4) is 0 Å². The van der Waals surface area contributed by atoms with Crippen LogP contribution in [0.2, 0.25) is 0 Å². The van der Waals surface area contributed by atoms with Crippen LogP contribution in [0, 0.1) is 0 Å². The van der Waals surface area contributed by atoms with E-state index in [0.29, 0.717) is 30.3 Å². The molecule has 5 nitrogen and oxygen atoms in total. The van der Waals surface area contributed by atoms with Gasteiger partial charge in [-0.15, -0.1) is 0 Å². The Bertz CT molecular complexity index is 644. The molecule has 1 amide bonds. The monoisotopic (exact) mass is 314 g/mol. The summed E-state index contributed by atoms with van der Waals surface area (Å²) in [5, 5.41) is 2.96. The normalized spacial score (nSPS) is 11.6. The van der Waals surface area contributed by atoms with Gasteiger partial charge in [-0.05, 0) is 50.6 Å². The number of carbonyl (C=O) groups excluding carboxylic acids is 1. The Kier molecular flexibility index (Phi) is 5.97. The van der Waals surface area contributed by atoms with Gasteiger partial charge in [0.15, 0.2) is 11.5 Å². The van der Waals surface area contributed by atoms with Crippen molar-refractivity contribution >= 4 is 5.91 Å². The van der Waals surface area contributed by atoms with Gasteiger partial charge in [-0.1, -0.05) is 6.07 Å². The molecule has 1 atom stereocenters. The van der Waals surface area contributed by atoms with E-state index < -0.39 is 0 Å². The van der Waals surface area contributed by atoms with Gasteiger partial charge in [0, 0.05) is 12.4 Å². The highest BCUT2D eigenvalue weighted by Crippen LogP contribution is 2.30. The lowest BCUT2D eigenvalue weighted by Crippen LogP contribution is -2.26. The number of benzene rings is 1. The molecule has 0 saturated carbocycles. The van der Waals surface area contributed by atoms with Crippen LogP contribution in [0.15, 0.2) is 42.7 Å². The van der Waals surface area contributed by atoms with Crippen LogP contribution in [-0.4, -0.2) is 24.1 Å². The van der Waals surface area contributed by atoms with Crippen molar-refractivity contribution in [2.75, 3.05) is 13.2 Å². The maximum absolute atomic E-state index is 12.2. The van der Waals surface area contributed by atoms with Crippen LogP contribution in [0.1, 0.15) is 42.7 Å². The first-order chi connectivity index (χ1) is 11.2. The molecule has 1 heterocycles. The summed E-state index contributed by atoms with van der Waals surface area (Å²) in [5.41, 5.74) is 1.49. The van der Waals surface area contributed by atoms with Crippen molar-refractivity contribution in [3.05, 3.63) is 53.9 Å². The maximum Gasteiger partial charge on any atom is 0.253 e. The molecule has 0 unspecified atom stereocenters. The fourth-order valence-electron chi connectivity index (χ4n) is 2.20. The summed E-state index contributed by atoms with van der Waals surface area (Å²) in [6, 6.07) is 9.03. The SMILES string of the molecule is CCOc1ccc([C@@H](C)NC(=O)c2cccnc2)cc1OCC. The molecule has 0 aliphatic rings. The number of amides is 1. The lowest BCUT2D eigenvalue weighted by Gasteiger charge is -2.17. The number of aromatic nitrogens is 1. The third-order valence-corrected chi connectivity index (χ3v) is 3.34. The summed E-state index contributed by atoms with van der Waals surface area (Å²) in [6.45, 7) is 6.92. The Hall–Kier alpha value is -2.56. The van der Waals surface area contributed by atoms with Gasteiger partial charge in [-0.3, -0.25) is 9.78 Å².